The van der Waals surface area contributed by atoms with E-state index in [1.165, 1.54) is 67.2 Å². The Labute approximate surface area is 220 Å². The van der Waals surface area contributed by atoms with Crippen molar-refractivity contribution >= 4 is 10.8 Å². The zero-order chi connectivity index (χ0) is 26.0. The maximum absolute atomic E-state index is 5.78. The summed E-state index contributed by atoms with van der Waals surface area (Å²) in [6.07, 6.45) is 14.3. The lowest BCUT2D eigenvalue weighted by Crippen LogP contribution is -2.45. The van der Waals surface area contributed by atoms with Crippen LogP contribution in [0.4, 0.5) is 0 Å². The van der Waals surface area contributed by atoms with E-state index in [4.69, 9.17) is 4.74 Å². The van der Waals surface area contributed by atoms with E-state index in [1.807, 2.05) is 25.6 Å². The molecule has 0 saturated carbocycles. The van der Waals surface area contributed by atoms with E-state index < -0.39 is 0 Å². The highest BCUT2D eigenvalue weighted by Crippen LogP contribution is 2.36. The van der Waals surface area contributed by atoms with E-state index in [0.717, 1.165) is 32.4 Å². The van der Waals surface area contributed by atoms with Crippen molar-refractivity contribution in [3.05, 3.63) is 67.0 Å². The van der Waals surface area contributed by atoms with Crippen LogP contribution in [0.2, 0.25) is 0 Å². The number of methoxy groups -OCH3 is 1. The second kappa shape index (κ2) is 14.1. The van der Waals surface area contributed by atoms with Crippen LogP contribution in [0.1, 0.15) is 64.4 Å². The first-order chi connectivity index (χ1) is 17.4. The van der Waals surface area contributed by atoms with Crippen LogP contribution < -0.4 is 0 Å². The largest absolute Gasteiger partial charge is 0.381 e. The molecule has 0 spiro atoms. The third-order valence-corrected chi connectivity index (χ3v) is 8.57. The van der Waals surface area contributed by atoms with Crippen molar-refractivity contribution in [2.24, 2.45) is 11.3 Å². The molecular formula is C32H49N3O. The number of ether oxygens (including phenoxy) is 1. The maximum Gasteiger partial charge on any atom is 0.0574 e. The zero-order valence-corrected chi connectivity index (χ0v) is 23.3. The molecule has 0 aliphatic carbocycles. The average Bonchev–Trinajstić information content (AvgIpc) is 2.91. The Bertz CT molecular complexity index is 963. The van der Waals surface area contributed by atoms with Gasteiger partial charge in [-0.05, 0) is 106 Å². The van der Waals surface area contributed by atoms with Crippen LogP contribution in [0.5, 0.6) is 0 Å². The molecule has 0 radical (unpaired) electrons. The van der Waals surface area contributed by atoms with Gasteiger partial charge in [0.15, 0.2) is 0 Å². The van der Waals surface area contributed by atoms with Crippen molar-refractivity contribution < 1.29 is 4.74 Å². The minimum atomic E-state index is 0.321. The second-order valence-electron chi connectivity index (χ2n) is 11.1. The summed E-state index contributed by atoms with van der Waals surface area (Å²) in [5.74, 6) is 0.384. The average molecular weight is 492 g/mol. The molecular weight excluding hydrogens is 442 g/mol. The lowest BCUT2D eigenvalue weighted by atomic mass is 9.75. The van der Waals surface area contributed by atoms with Crippen LogP contribution in [0, 0.1) is 11.3 Å². The molecule has 198 valence electrons. The third kappa shape index (κ3) is 8.26. The summed E-state index contributed by atoms with van der Waals surface area (Å²) in [5, 5.41) is 2.51. The van der Waals surface area contributed by atoms with Crippen LogP contribution in [-0.4, -0.2) is 61.2 Å². The predicted octanol–water partition coefficient (Wildman–Crippen LogP) is 7.11. The molecule has 4 heteroatoms. The summed E-state index contributed by atoms with van der Waals surface area (Å²) in [6, 6.07) is 8.90. The van der Waals surface area contributed by atoms with Gasteiger partial charge in [-0.3, -0.25) is 9.88 Å². The number of pyridine rings is 1. The quantitative estimate of drug-likeness (QED) is 0.248. The Kier molecular flexibility index (Phi) is 11.2. The number of aromatic nitrogens is 1. The number of hydrogen-bond acceptors (Lipinski definition) is 4. The Morgan fingerprint density at radius 1 is 1.22 bits per heavy atom. The molecule has 1 aromatic carbocycles. The standard InChI is InChI=1S/C32H49N3O/c1-7-26(3)27(4)11-14-31(36-6)10-9-19-34(5)25-32(8-2)16-20-35(21-17-32)24-28-12-13-29-15-18-33-23-30(29)22-28/h7,12-13,15,18,22-23,26,31H,1,4,8-11,14,16-17,19-21,24-25H2,2-3,5-6H3. The molecule has 2 heterocycles. The van der Waals surface area contributed by atoms with E-state index in [1.54, 1.807) is 0 Å². The van der Waals surface area contributed by atoms with Crippen molar-refractivity contribution in [3.63, 3.8) is 0 Å². The molecule has 0 N–H and O–H groups in total. The molecule has 2 unspecified atom stereocenters. The number of benzene rings is 1. The first-order valence-corrected chi connectivity index (χ1v) is 13.9. The molecule has 2 aromatic rings. The minimum Gasteiger partial charge on any atom is -0.381 e. The van der Waals surface area contributed by atoms with Crippen molar-refractivity contribution in [1.82, 2.24) is 14.8 Å². The van der Waals surface area contributed by atoms with Crippen molar-refractivity contribution in [2.45, 2.75) is 71.4 Å². The highest BCUT2D eigenvalue weighted by Gasteiger charge is 2.33. The first kappa shape index (κ1) is 28.6. The summed E-state index contributed by atoms with van der Waals surface area (Å²) in [6.45, 7) is 18.4. The van der Waals surface area contributed by atoms with E-state index in [0.29, 0.717) is 17.4 Å². The number of nitrogens with zero attached hydrogens (tertiary/aromatic N) is 3. The van der Waals surface area contributed by atoms with Crippen LogP contribution >= 0.6 is 0 Å². The highest BCUT2D eigenvalue weighted by molar-refractivity contribution is 5.81. The zero-order valence-electron chi connectivity index (χ0n) is 23.3. The van der Waals surface area contributed by atoms with Gasteiger partial charge in [0.2, 0.25) is 0 Å². The Balaban J connectivity index is 1.41. The number of likely N-dealkylation sites (tertiary alicyclic amines) is 1. The molecule has 1 fully saturated rings. The molecule has 0 bridgehead atoms. The molecule has 1 saturated heterocycles. The van der Waals surface area contributed by atoms with Gasteiger partial charge in [-0.2, -0.15) is 0 Å². The van der Waals surface area contributed by atoms with Crippen LogP contribution in [0.3, 0.4) is 0 Å². The van der Waals surface area contributed by atoms with Gasteiger partial charge >= 0.3 is 0 Å². The summed E-state index contributed by atoms with van der Waals surface area (Å²) in [4.78, 5) is 9.49. The fraction of sp³-hybridized carbons (Fsp3) is 0.594. The highest BCUT2D eigenvalue weighted by atomic mass is 16.5. The third-order valence-electron chi connectivity index (χ3n) is 8.57. The Morgan fingerprint density at radius 2 is 2.00 bits per heavy atom. The molecule has 3 rings (SSSR count). The molecule has 1 aliphatic heterocycles. The van der Waals surface area contributed by atoms with Gasteiger partial charge in [0.1, 0.15) is 0 Å². The SMILES string of the molecule is C=CC(C)C(=C)CCC(CCCN(C)CC1(CC)CCN(Cc2ccc3ccncc3c2)CC1)OC. The van der Waals surface area contributed by atoms with Crippen LogP contribution in [0.15, 0.2) is 61.5 Å². The van der Waals surface area contributed by atoms with Gasteiger partial charge in [0, 0.05) is 38.0 Å². The fourth-order valence-corrected chi connectivity index (χ4v) is 5.66. The monoisotopic (exact) mass is 491 g/mol. The van der Waals surface area contributed by atoms with Gasteiger partial charge in [-0.15, -0.1) is 6.58 Å². The number of rotatable bonds is 15. The smallest absolute Gasteiger partial charge is 0.0574 e. The van der Waals surface area contributed by atoms with Crippen LogP contribution in [-0.2, 0) is 11.3 Å². The van der Waals surface area contributed by atoms with Gasteiger partial charge in [-0.1, -0.05) is 44.2 Å². The predicted molar refractivity (Wildman–Crippen MR) is 154 cm³/mol. The molecule has 36 heavy (non-hydrogen) atoms. The normalized spacial score (nSPS) is 17.8. The van der Waals surface area contributed by atoms with Gasteiger partial charge < -0.3 is 9.64 Å². The summed E-state index contributed by atoms with van der Waals surface area (Å²) in [7, 11) is 4.16. The van der Waals surface area contributed by atoms with Crippen molar-refractivity contribution in [3.8, 4) is 0 Å². The summed E-state index contributed by atoms with van der Waals surface area (Å²) >= 11 is 0. The Morgan fingerprint density at radius 3 is 2.69 bits per heavy atom. The lowest BCUT2D eigenvalue weighted by molar-refractivity contribution is 0.0569. The molecule has 4 nitrogen and oxygen atoms in total. The second-order valence-corrected chi connectivity index (χ2v) is 11.1. The number of piperidine rings is 1. The van der Waals surface area contributed by atoms with Crippen molar-refractivity contribution in [1.29, 1.82) is 0 Å². The van der Waals surface area contributed by atoms with E-state index >= 15 is 0 Å². The Hall–Kier alpha value is -2.01. The maximum atomic E-state index is 5.78. The van der Waals surface area contributed by atoms with E-state index in [2.05, 4.69) is 73.1 Å². The van der Waals surface area contributed by atoms with Gasteiger partial charge in [0.25, 0.3) is 0 Å². The number of allylic oxidation sites excluding steroid dienone is 2. The minimum absolute atomic E-state index is 0.321. The summed E-state index contributed by atoms with van der Waals surface area (Å²) in [5.41, 5.74) is 3.10. The van der Waals surface area contributed by atoms with E-state index in [-0.39, 0.29) is 0 Å². The first-order valence-electron chi connectivity index (χ1n) is 13.9. The fourth-order valence-electron chi connectivity index (χ4n) is 5.66. The van der Waals surface area contributed by atoms with Crippen molar-refractivity contribution in [2.75, 3.05) is 40.3 Å². The molecule has 2 atom stereocenters. The molecule has 1 aliphatic rings. The molecule has 1 aromatic heterocycles. The molecule has 0 amide bonds. The summed E-state index contributed by atoms with van der Waals surface area (Å²) < 4.78 is 5.78. The lowest BCUT2D eigenvalue weighted by Gasteiger charge is -2.43. The van der Waals surface area contributed by atoms with Gasteiger partial charge in [-0.25, -0.2) is 0 Å². The van der Waals surface area contributed by atoms with Crippen LogP contribution in [0.25, 0.3) is 10.8 Å². The topological polar surface area (TPSA) is 28.6 Å². The van der Waals surface area contributed by atoms with E-state index in [9.17, 15) is 0 Å². The number of fused-ring (bicyclic) bond motifs is 1. The van der Waals surface area contributed by atoms with Gasteiger partial charge in [0.05, 0.1) is 6.10 Å². The number of hydrogen-bond donors (Lipinski definition) is 0.